The van der Waals surface area contributed by atoms with Crippen LogP contribution >= 0.6 is 0 Å². The predicted octanol–water partition coefficient (Wildman–Crippen LogP) is 1.94. The Morgan fingerprint density at radius 1 is 1.00 bits per heavy atom. The lowest BCUT2D eigenvalue weighted by Crippen LogP contribution is -2.41. The van der Waals surface area contributed by atoms with Gasteiger partial charge < -0.3 is 5.32 Å². The zero-order valence-corrected chi connectivity index (χ0v) is 16.6. The third-order valence-corrected chi connectivity index (χ3v) is 5.34. The molecule has 0 spiro atoms. The third kappa shape index (κ3) is 6.09. The summed E-state index contributed by atoms with van der Waals surface area (Å²) in [4.78, 5) is 35.1. The SMILES string of the molecule is Cc1ccc(NC(=O)CCC(=O)NNS(=O)(=O)c2ccccc2[N+](=O)[O-])cc1C. The monoisotopic (exact) mass is 420 g/mol. The van der Waals surface area contributed by atoms with Crippen molar-refractivity contribution in [3.05, 3.63) is 63.7 Å². The standard InChI is InChI=1S/C18H20N4O6S/c1-12-7-8-14(11-13(12)2)19-17(23)9-10-18(24)20-21-29(27,28)16-6-4-3-5-15(16)22(25)26/h3-8,11,21H,9-10H2,1-2H3,(H,19,23)(H,20,24). The van der Waals surface area contributed by atoms with Gasteiger partial charge in [0.25, 0.3) is 15.7 Å². The van der Waals surface area contributed by atoms with E-state index in [1.165, 1.54) is 12.1 Å². The van der Waals surface area contributed by atoms with Gasteiger partial charge in [0.15, 0.2) is 4.90 Å². The van der Waals surface area contributed by atoms with Gasteiger partial charge in [0, 0.05) is 24.6 Å². The summed E-state index contributed by atoms with van der Waals surface area (Å²) in [5.74, 6) is -1.17. The van der Waals surface area contributed by atoms with E-state index in [9.17, 15) is 28.1 Å². The Bertz CT molecular complexity index is 1050. The molecular weight excluding hydrogens is 400 g/mol. The van der Waals surface area contributed by atoms with Gasteiger partial charge in [0.2, 0.25) is 11.8 Å². The van der Waals surface area contributed by atoms with Gasteiger partial charge in [-0.05, 0) is 43.2 Å². The zero-order valence-electron chi connectivity index (χ0n) is 15.8. The molecule has 11 heteroatoms. The molecule has 3 N–H and O–H groups in total. The number of sulfonamides is 1. The fourth-order valence-electron chi connectivity index (χ4n) is 2.35. The summed E-state index contributed by atoms with van der Waals surface area (Å²) in [5, 5.41) is 13.6. The average Bonchev–Trinajstić information content (AvgIpc) is 2.67. The molecule has 2 amide bonds. The molecule has 2 aromatic carbocycles. The second-order valence-electron chi connectivity index (χ2n) is 6.23. The van der Waals surface area contributed by atoms with Crippen molar-refractivity contribution in [1.82, 2.24) is 10.3 Å². The summed E-state index contributed by atoms with van der Waals surface area (Å²) in [6, 6.07) is 10.1. The molecule has 0 unspecified atom stereocenters. The molecule has 0 aliphatic rings. The maximum absolute atomic E-state index is 12.2. The number of nitrogens with one attached hydrogen (secondary N) is 3. The van der Waals surface area contributed by atoms with Crippen molar-refractivity contribution in [2.75, 3.05) is 5.32 Å². The number of nitro groups is 1. The first-order chi connectivity index (χ1) is 13.6. The lowest BCUT2D eigenvalue weighted by molar-refractivity contribution is -0.387. The number of hydrazine groups is 1. The molecule has 2 aromatic rings. The van der Waals surface area contributed by atoms with Crippen molar-refractivity contribution in [3.8, 4) is 0 Å². The number of benzene rings is 2. The minimum Gasteiger partial charge on any atom is -0.326 e. The topological polar surface area (TPSA) is 148 Å². The van der Waals surface area contributed by atoms with E-state index < -0.39 is 37.3 Å². The molecule has 0 aliphatic carbocycles. The molecule has 2 rings (SSSR count). The van der Waals surface area contributed by atoms with E-state index in [4.69, 9.17) is 0 Å². The Morgan fingerprint density at radius 3 is 2.31 bits per heavy atom. The van der Waals surface area contributed by atoms with Gasteiger partial charge in [-0.1, -0.05) is 18.2 Å². The van der Waals surface area contributed by atoms with Crippen molar-refractivity contribution < 1.29 is 22.9 Å². The molecule has 154 valence electrons. The molecule has 0 aromatic heterocycles. The van der Waals surface area contributed by atoms with Crippen molar-refractivity contribution in [2.45, 2.75) is 31.6 Å². The molecule has 0 heterocycles. The Morgan fingerprint density at radius 2 is 1.66 bits per heavy atom. The van der Waals surface area contributed by atoms with Gasteiger partial charge in [0.1, 0.15) is 0 Å². The summed E-state index contributed by atoms with van der Waals surface area (Å²) in [5.41, 5.74) is 4.00. The number of hydrogen-bond donors (Lipinski definition) is 3. The Kier molecular flexibility index (Phi) is 7.02. The van der Waals surface area contributed by atoms with Crippen molar-refractivity contribution in [2.24, 2.45) is 0 Å². The Balaban J connectivity index is 1.88. The highest BCUT2D eigenvalue weighted by molar-refractivity contribution is 7.89. The van der Waals surface area contributed by atoms with Crippen LogP contribution in [0.2, 0.25) is 0 Å². The maximum atomic E-state index is 12.2. The van der Waals surface area contributed by atoms with E-state index in [1.54, 1.807) is 17.0 Å². The van der Waals surface area contributed by atoms with Gasteiger partial charge in [-0.25, -0.2) is 8.42 Å². The van der Waals surface area contributed by atoms with Crippen LogP contribution in [0.15, 0.2) is 47.4 Å². The van der Waals surface area contributed by atoms with Crippen LogP contribution in [-0.2, 0) is 19.6 Å². The maximum Gasteiger partial charge on any atom is 0.289 e. The molecule has 0 aliphatic heterocycles. The average molecular weight is 420 g/mol. The minimum absolute atomic E-state index is 0.175. The highest BCUT2D eigenvalue weighted by atomic mass is 32.2. The highest BCUT2D eigenvalue weighted by Gasteiger charge is 2.25. The molecule has 0 radical (unpaired) electrons. The number of amides is 2. The van der Waals surface area contributed by atoms with E-state index in [2.05, 4.69) is 5.32 Å². The van der Waals surface area contributed by atoms with Gasteiger partial charge >= 0.3 is 0 Å². The summed E-state index contributed by atoms with van der Waals surface area (Å²) < 4.78 is 24.4. The second-order valence-corrected chi connectivity index (χ2v) is 7.88. The molecular formula is C18H20N4O6S. The fraction of sp³-hybridized carbons (Fsp3) is 0.222. The molecule has 0 saturated heterocycles. The van der Waals surface area contributed by atoms with Crippen LogP contribution in [0.5, 0.6) is 0 Å². The third-order valence-electron chi connectivity index (χ3n) is 4.05. The number of para-hydroxylation sites is 1. The first-order valence-electron chi connectivity index (χ1n) is 8.51. The number of rotatable bonds is 8. The van der Waals surface area contributed by atoms with Crippen LogP contribution in [0.25, 0.3) is 0 Å². The van der Waals surface area contributed by atoms with Crippen LogP contribution in [-0.4, -0.2) is 25.2 Å². The molecule has 29 heavy (non-hydrogen) atoms. The molecule has 10 nitrogen and oxygen atoms in total. The number of aryl methyl sites for hydroxylation is 2. The Labute approximate surface area is 167 Å². The molecule has 0 fully saturated rings. The van der Waals surface area contributed by atoms with E-state index in [0.29, 0.717) is 5.69 Å². The van der Waals surface area contributed by atoms with Crippen LogP contribution in [0.4, 0.5) is 11.4 Å². The van der Waals surface area contributed by atoms with E-state index in [0.717, 1.165) is 23.3 Å². The Hall–Kier alpha value is -3.31. The van der Waals surface area contributed by atoms with Crippen molar-refractivity contribution in [1.29, 1.82) is 0 Å². The number of hydrogen-bond acceptors (Lipinski definition) is 6. The lowest BCUT2D eigenvalue weighted by atomic mass is 10.1. The number of anilines is 1. The van der Waals surface area contributed by atoms with E-state index >= 15 is 0 Å². The smallest absolute Gasteiger partial charge is 0.289 e. The minimum atomic E-state index is -4.35. The van der Waals surface area contributed by atoms with Gasteiger partial charge in [-0.3, -0.25) is 25.1 Å². The summed E-state index contributed by atoms with van der Waals surface area (Å²) >= 11 is 0. The number of carbonyl (C=O) groups excluding carboxylic acids is 2. The summed E-state index contributed by atoms with van der Waals surface area (Å²) in [6.07, 6.45) is -0.456. The quantitative estimate of drug-likeness (QED) is 0.439. The van der Waals surface area contributed by atoms with Crippen LogP contribution in [0.3, 0.4) is 0 Å². The normalized spacial score (nSPS) is 11.0. The molecule has 0 bridgehead atoms. The fourth-order valence-corrected chi connectivity index (χ4v) is 3.38. The molecule has 0 atom stereocenters. The van der Waals surface area contributed by atoms with Crippen LogP contribution in [0, 0.1) is 24.0 Å². The zero-order chi connectivity index (χ0) is 21.6. The molecule has 0 saturated carbocycles. The van der Waals surface area contributed by atoms with Crippen LogP contribution in [0.1, 0.15) is 24.0 Å². The van der Waals surface area contributed by atoms with Crippen LogP contribution < -0.4 is 15.6 Å². The predicted molar refractivity (Wildman–Crippen MR) is 105 cm³/mol. The summed E-state index contributed by atoms with van der Waals surface area (Å²) in [7, 11) is -4.35. The van der Waals surface area contributed by atoms with Crippen molar-refractivity contribution >= 4 is 33.2 Å². The number of carbonyl (C=O) groups is 2. The first-order valence-corrected chi connectivity index (χ1v) is 9.99. The van der Waals surface area contributed by atoms with Gasteiger partial charge in [-0.2, -0.15) is 0 Å². The number of nitro benzene ring substituents is 1. The van der Waals surface area contributed by atoms with Gasteiger partial charge in [-0.15, -0.1) is 4.83 Å². The lowest BCUT2D eigenvalue weighted by Gasteiger charge is -2.09. The highest BCUT2D eigenvalue weighted by Crippen LogP contribution is 2.22. The van der Waals surface area contributed by atoms with Crippen molar-refractivity contribution in [3.63, 3.8) is 0 Å². The first kappa shape index (κ1) is 22.0. The van der Waals surface area contributed by atoms with E-state index in [1.807, 2.05) is 25.3 Å². The second kappa shape index (κ2) is 9.26. The largest absolute Gasteiger partial charge is 0.326 e. The summed E-state index contributed by atoms with van der Waals surface area (Å²) in [6.45, 7) is 3.85. The van der Waals surface area contributed by atoms with Gasteiger partial charge in [0.05, 0.1) is 4.92 Å². The number of nitrogens with zero attached hydrogens (tertiary/aromatic N) is 1. The van der Waals surface area contributed by atoms with E-state index in [-0.39, 0.29) is 12.8 Å².